The summed E-state index contributed by atoms with van der Waals surface area (Å²) in [5.41, 5.74) is 1.14. The van der Waals surface area contributed by atoms with Crippen LogP contribution in [-0.2, 0) is 6.42 Å². The fourth-order valence-corrected chi connectivity index (χ4v) is 2.00. The van der Waals surface area contributed by atoms with Gasteiger partial charge >= 0.3 is 0 Å². The zero-order valence-corrected chi connectivity index (χ0v) is 11.0. The molecule has 0 amide bonds. The standard InChI is InChI=1S/C15H11ClF2O/c1-9-4-11(6-13(17)5-9)15(19)7-10-2-3-12(16)8-14(10)18/h2-6,8H,7H2,1H3. The highest BCUT2D eigenvalue weighted by molar-refractivity contribution is 6.30. The number of aryl methyl sites for hydroxylation is 1. The van der Waals surface area contributed by atoms with Gasteiger partial charge in [-0.2, -0.15) is 0 Å². The molecule has 0 spiro atoms. The van der Waals surface area contributed by atoms with Crippen LogP contribution in [0.4, 0.5) is 8.78 Å². The van der Waals surface area contributed by atoms with Crippen LogP contribution in [0.2, 0.25) is 5.02 Å². The first-order valence-corrected chi connectivity index (χ1v) is 6.08. The summed E-state index contributed by atoms with van der Waals surface area (Å²) in [6.07, 6.45) is -0.119. The van der Waals surface area contributed by atoms with Crippen molar-refractivity contribution in [3.63, 3.8) is 0 Å². The van der Waals surface area contributed by atoms with Crippen molar-refractivity contribution in [2.45, 2.75) is 13.3 Å². The average molecular weight is 281 g/mol. The second kappa shape index (κ2) is 5.49. The number of hydrogen-bond acceptors (Lipinski definition) is 1. The molecule has 0 aliphatic carbocycles. The molecule has 0 fully saturated rings. The minimum Gasteiger partial charge on any atom is -0.294 e. The Morgan fingerprint density at radius 2 is 1.89 bits per heavy atom. The van der Waals surface area contributed by atoms with E-state index in [0.29, 0.717) is 5.56 Å². The summed E-state index contributed by atoms with van der Waals surface area (Å²) < 4.78 is 26.8. The van der Waals surface area contributed by atoms with Gasteiger partial charge in [0.1, 0.15) is 11.6 Å². The average Bonchev–Trinajstić information content (AvgIpc) is 2.31. The Balaban J connectivity index is 2.25. The van der Waals surface area contributed by atoms with Crippen molar-refractivity contribution < 1.29 is 13.6 Å². The maximum absolute atomic E-state index is 13.6. The van der Waals surface area contributed by atoms with Crippen LogP contribution >= 0.6 is 11.6 Å². The molecule has 2 rings (SSSR count). The number of rotatable bonds is 3. The minimum absolute atomic E-state index is 0.119. The van der Waals surface area contributed by atoms with E-state index in [2.05, 4.69) is 0 Å². The van der Waals surface area contributed by atoms with Crippen molar-refractivity contribution in [2.75, 3.05) is 0 Å². The lowest BCUT2D eigenvalue weighted by Crippen LogP contribution is -2.06. The van der Waals surface area contributed by atoms with Gasteiger partial charge in [-0.05, 0) is 48.4 Å². The quantitative estimate of drug-likeness (QED) is 0.764. The number of halogens is 3. The lowest BCUT2D eigenvalue weighted by Gasteiger charge is -2.05. The molecule has 0 saturated heterocycles. The highest BCUT2D eigenvalue weighted by Gasteiger charge is 2.12. The molecule has 0 aromatic heterocycles. The van der Waals surface area contributed by atoms with Crippen molar-refractivity contribution in [2.24, 2.45) is 0 Å². The molecular weight excluding hydrogens is 270 g/mol. The predicted octanol–water partition coefficient (Wildman–Crippen LogP) is 4.35. The van der Waals surface area contributed by atoms with Gasteiger partial charge in [0.2, 0.25) is 0 Å². The summed E-state index contributed by atoms with van der Waals surface area (Å²) in [5.74, 6) is -1.34. The van der Waals surface area contributed by atoms with Crippen LogP contribution < -0.4 is 0 Å². The third-order valence-corrected chi connectivity index (χ3v) is 2.97. The summed E-state index contributed by atoms with van der Waals surface area (Å²) in [5, 5.41) is 0.273. The number of ketones is 1. The van der Waals surface area contributed by atoms with Crippen molar-refractivity contribution in [3.8, 4) is 0 Å². The zero-order valence-electron chi connectivity index (χ0n) is 10.2. The molecule has 4 heteroatoms. The van der Waals surface area contributed by atoms with Gasteiger partial charge in [0, 0.05) is 17.0 Å². The normalized spacial score (nSPS) is 10.5. The molecule has 98 valence electrons. The third-order valence-electron chi connectivity index (χ3n) is 2.73. The molecule has 0 atom stereocenters. The van der Waals surface area contributed by atoms with E-state index in [9.17, 15) is 13.6 Å². The Bertz CT molecular complexity index is 618. The minimum atomic E-state index is -0.533. The fourth-order valence-electron chi connectivity index (χ4n) is 1.84. The second-order valence-corrected chi connectivity index (χ2v) is 4.79. The maximum atomic E-state index is 13.6. The first-order valence-electron chi connectivity index (χ1n) is 5.70. The molecule has 0 bridgehead atoms. The van der Waals surface area contributed by atoms with Gasteiger partial charge < -0.3 is 0 Å². The summed E-state index contributed by atoms with van der Waals surface area (Å²) in [6.45, 7) is 1.70. The van der Waals surface area contributed by atoms with E-state index < -0.39 is 11.6 Å². The van der Waals surface area contributed by atoms with E-state index in [1.54, 1.807) is 13.0 Å². The Labute approximate surface area is 114 Å². The molecule has 2 aromatic rings. The molecule has 0 saturated carbocycles. The predicted molar refractivity (Wildman–Crippen MR) is 70.6 cm³/mol. The van der Waals surface area contributed by atoms with E-state index in [1.807, 2.05) is 0 Å². The smallest absolute Gasteiger partial charge is 0.167 e. The highest BCUT2D eigenvalue weighted by Crippen LogP contribution is 2.17. The SMILES string of the molecule is Cc1cc(F)cc(C(=O)Cc2ccc(Cl)cc2F)c1. The largest absolute Gasteiger partial charge is 0.294 e. The molecule has 0 aliphatic rings. The number of Topliss-reactive ketones (excluding diaryl/α,β-unsaturated/α-hetero) is 1. The van der Waals surface area contributed by atoms with E-state index in [4.69, 9.17) is 11.6 Å². The van der Waals surface area contributed by atoms with Crippen LogP contribution in [0.5, 0.6) is 0 Å². The van der Waals surface area contributed by atoms with E-state index >= 15 is 0 Å². The topological polar surface area (TPSA) is 17.1 Å². The molecule has 0 heterocycles. The third kappa shape index (κ3) is 3.38. The molecule has 0 N–H and O–H groups in total. The maximum Gasteiger partial charge on any atom is 0.167 e. The van der Waals surface area contributed by atoms with Crippen molar-refractivity contribution >= 4 is 17.4 Å². The first-order chi connectivity index (χ1) is 8.95. The van der Waals surface area contributed by atoms with Gasteiger partial charge in [-0.1, -0.05) is 17.7 Å². The van der Waals surface area contributed by atoms with Crippen LogP contribution in [0.3, 0.4) is 0 Å². The van der Waals surface area contributed by atoms with Gasteiger partial charge in [0.15, 0.2) is 5.78 Å². The molecule has 2 aromatic carbocycles. The lowest BCUT2D eigenvalue weighted by molar-refractivity contribution is 0.0991. The van der Waals surface area contributed by atoms with Crippen LogP contribution in [0.15, 0.2) is 36.4 Å². The summed E-state index contributed by atoms with van der Waals surface area (Å²) in [7, 11) is 0. The number of carbonyl (C=O) groups is 1. The monoisotopic (exact) mass is 280 g/mol. The van der Waals surface area contributed by atoms with Gasteiger partial charge in [-0.15, -0.1) is 0 Å². The molecule has 0 aliphatic heterocycles. The zero-order chi connectivity index (χ0) is 14.0. The van der Waals surface area contributed by atoms with Gasteiger partial charge in [0.25, 0.3) is 0 Å². The summed E-state index contributed by atoms with van der Waals surface area (Å²) in [6, 6.07) is 8.20. The van der Waals surface area contributed by atoms with E-state index in [-0.39, 0.29) is 28.4 Å². The molecule has 1 nitrogen and oxygen atoms in total. The van der Waals surface area contributed by atoms with Crippen LogP contribution in [-0.4, -0.2) is 5.78 Å². The van der Waals surface area contributed by atoms with Crippen molar-refractivity contribution in [3.05, 3.63) is 69.7 Å². The fraction of sp³-hybridized carbons (Fsp3) is 0.133. The number of carbonyl (C=O) groups excluding carboxylic acids is 1. The van der Waals surface area contributed by atoms with Crippen molar-refractivity contribution in [1.29, 1.82) is 0 Å². The summed E-state index contributed by atoms with van der Waals surface area (Å²) >= 11 is 5.64. The Hall–Kier alpha value is -1.74. The summed E-state index contributed by atoms with van der Waals surface area (Å²) in [4.78, 5) is 12.0. The van der Waals surface area contributed by atoms with Gasteiger partial charge in [-0.3, -0.25) is 4.79 Å². The van der Waals surface area contributed by atoms with Crippen molar-refractivity contribution in [1.82, 2.24) is 0 Å². The van der Waals surface area contributed by atoms with E-state index in [1.165, 1.54) is 18.2 Å². The van der Waals surface area contributed by atoms with Crippen LogP contribution in [0, 0.1) is 18.6 Å². The molecule has 0 unspecified atom stereocenters. The van der Waals surface area contributed by atoms with Crippen LogP contribution in [0.25, 0.3) is 0 Å². The van der Waals surface area contributed by atoms with Gasteiger partial charge in [-0.25, -0.2) is 8.78 Å². The molecule has 0 radical (unpaired) electrons. The highest BCUT2D eigenvalue weighted by atomic mass is 35.5. The van der Waals surface area contributed by atoms with Gasteiger partial charge in [0.05, 0.1) is 0 Å². The number of hydrogen-bond donors (Lipinski definition) is 0. The van der Waals surface area contributed by atoms with E-state index in [0.717, 1.165) is 12.1 Å². The first kappa shape index (κ1) is 13.7. The lowest BCUT2D eigenvalue weighted by atomic mass is 10.0. The Morgan fingerprint density at radius 1 is 1.16 bits per heavy atom. The van der Waals surface area contributed by atoms with Crippen LogP contribution in [0.1, 0.15) is 21.5 Å². The second-order valence-electron chi connectivity index (χ2n) is 4.35. The number of benzene rings is 2. The molecular formula is C15H11ClF2O. The Morgan fingerprint density at radius 3 is 2.53 bits per heavy atom. The molecule has 19 heavy (non-hydrogen) atoms. The Kier molecular flexibility index (Phi) is 3.96.